The van der Waals surface area contributed by atoms with Crippen LogP contribution in [0.5, 0.6) is 0 Å². The molecule has 2 aromatic rings. The SMILES string of the molecule is O=C1C(=O)N(CCn2cccn2)c2cc(Br)ccc21. The van der Waals surface area contributed by atoms with Crippen molar-refractivity contribution in [2.75, 3.05) is 11.4 Å². The number of fused-ring (bicyclic) bond motifs is 1. The number of ketones is 1. The number of halogens is 1. The summed E-state index contributed by atoms with van der Waals surface area (Å²) in [5.74, 6) is -0.914. The van der Waals surface area contributed by atoms with Gasteiger partial charge >= 0.3 is 0 Å². The Balaban J connectivity index is 1.88. The van der Waals surface area contributed by atoms with Gasteiger partial charge in [0, 0.05) is 23.4 Å². The quantitative estimate of drug-likeness (QED) is 0.812. The fraction of sp³-hybridized carbons (Fsp3) is 0.154. The molecule has 0 N–H and O–H groups in total. The molecule has 0 saturated carbocycles. The normalized spacial score (nSPS) is 14.1. The number of carbonyl (C=O) groups excluding carboxylic acids is 2. The number of hydrogen-bond acceptors (Lipinski definition) is 3. The number of benzene rings is 1. The molecule has 0 unspecified atom stereocenters. The van der Waals surface area contributed by atoms with E-state index in [9.17, 15) is 9.59 Å². The Morgan fingerprint density at radius 2 is 2.05 bits per heavy atom. The standard InChI is InChI=1S/C13H10BrN3O2/c14-9-2-3-10-11(8-9)17(13(19)12(10)18)7-6-16-5-1-4-15-16/h1-5,8H,6-7H2. The number of carbonyl (C=O) groups is 2. The van der Waals surface area contributed by atoms with E-state index >= 15 is 0 Å². The van der Waals surface area contributed by atoms with E-state index < -0.39 is 11.7 Å². The van der Waals surface area contributed by atoms with Gasteiger partial charge in [-0.15, -0.1) is 0 Å². The first-order chi connectivity index (χ1) is 9.16. The minimum absolute atomic E-state index is 0.426. The van der Waals surface area contributed by atoms with E-state index in [1.165, 1.54) is 4.90 Å². The summed E-state index contributed by atoms with van der Waals surface area (Å²) in [5, 5.41) is 4.08. The molecule has 1 amide bonds. The van der Waals surface area contributed by atoms with Crippen LogP contribution in [0.15, 0.2) is 41.1 Å². The van der Waals surface area contributed by atoms with Gasteiger partial charge in [-0.1, -0.05) is 15.9 Å². The zero-order valence-electron chi connectivity index (χ0n) is 9.91. The fourth-order valence-corrected chi connectivity index (χ4v) is 2.47. The molecule has 1 aromatic carbocycles. The predicted molar refractivity (Wildman–Crippen MR) is 73.1 cm³/mol. The van der Waals surface area contributed by atoms with E-state index in [1.807, 2.05) is 12.3 Å². The molecule has 2 heterocycles. The maximum atomic E-state index is 12.0. The average molecular weight is 320 g/mol. The van der Waals surface area contributed by atoms with Crippen molar-refractivity contribution in [2.45, 2.75) is 6.54 Å². The van der Waals surface area contributed by atoms with E-state index in [-0.39, 0.29) is 0 Å². The van der Waals surface area contributed by atoms with Gasteiger partial charge in [-0.3, -0.25) is 14.3 Å². The van der Waals surface area contributed by atoms with Gasteiger partial charge in [0.2, 0.25) is 0 Å². The Labute approximate surface area is 118 Å². The largest absolute Gasteiger partial charge is 0.303 e. The van der Waals surface area contributed by atoms with Crippen LogP contribution in [0.25, 0.3) is 0 Å². The molecule has 0 radical (unpaired) electrons. The Morgan fingerprint density at radius 3 is 2.79 bits per heavy atom. The first-order valence-corrected chi connectivity index (χ1v) is 6.59. The second-order valence-corrected chi connectivity index (χ2v) is 5.13. The van der Waals surface area contributed by atoms with E-state index in [0.717, 1.165) is 4.47 Å². The van der Waals surface area contributed by atoms with E-state index in [2.05, 4.69) is 21.0 Å². The Bertz CT molecular complexity index is 652. The average Bonchev–Trinajstić information content (AvgIpc) is 2.98. The van der Waals surface area contributed by atoms with Gasteiger partial charge in [0.15, 0.2) is 0 Å². The van der Waals surface area contributed by atoms with E-state index in [0.29, 0.717) is 24.3 Å². The molecule has 1 aliphatic heterocycles. The molecule has 5 nitrogen and oxygen atoms in total. The molecule has 0 fully saturated rings. The number of rotatable bonds is 3. The third-order valence-corrected chi connectivity index (χ3v) is 3.54. The monoisotopic (exact) mass is 319 g/mol. The summed E-state index contributed by atoms with van der Waals surface area (Å²) in [6, 6.07) is 7.05. The molecule has 3 rings (SSSR count). The highest BCUT2D eigenvalue weighted by molar-refractivity contribution is 9.10. The molecule has 0 bridgehead atoms. The molecule has 19 heavy (non-hydrogen) atoms. The second kappa shape index (κ2) is 4.62. The van der Waals surface area contributed by atoms with Gasteiger partial charge in [-0.2, -0.15) is 5.10 Å². The van der Waals surface area contributed by atoms with Crippen molar-refractivity contribution < 1.29 is 9.59 Å². The minimum atomic E-state index is -0.472. The highest BCUT2D eigenvalue weighted by atomic mass is 79.9. The third-order valence-electron chi connectivity index (χ3n) is 3.05. The zero-order valence-corrected chi connectivity index (χ0v) is 11.5. The van der Waals surface area contributed by atoms with Crippen molar-refractivity contribution in [2.24, 2.45) is 0 Å². The van der Waals surface area contributed by atoms with Gasteiger partial charge in [0.05, 0.1) is 17.8 Å². The number of amides is 1. The first kappa shape index (κ1) is 12.1. The fourth-order valence-electron chi connectivity index (χ4n) is 2.12. The van der Waals surface area contributed by atoms with Crippen LogP contribution in [-0.4, -0.2) is 28.0 Å². The number of Topliss-reactive ketones (excluding diaryl/α,β-unsaturated/α-hetero) is 1. The topological polar surface area (TPSA) is 55.2 Å². The van der Waals surface area contributed by atoms with Gasteiger partial charge in [-0.25, -0.2) is 0 Å². The van der Waals surface area contributed by atoms with Crippen molar-refractivity contribution in [1.29, 1.82) is 0 Å². The van der Waals surface area contributed by atoms with Crippen LogP contribution in [0.3, 0.4) is 0 Å². The van der Waals surface area contributed by atoms with E-state index in [1.54, 1.807) is 29.1 Å². The van der Waals surface area contributed by atoms with Crippen LogP contribution in [-0.2, 0) is 11.3 Å². The highest BCUT2D eigenvalue weighted by Gasteiger charge is 2.35. The molecule has 96 valence electrons. The lowest BCUT2D eigenvalue weighted by atomic mass is 10.1. The van der Waals surface area contributed by atoms with Gasteiger partial charge in [0.1, 0.15) is 0 Å². The summed E-state index contributed by atoms with van der Waals surface area (Å²) in [4.78, 5) is 25.3. The Morgan fingerprint density at radius 1 is 1.21 bits per heavy atom. The summed E-state index contributed by atoms with van der Waals surface area (Å²) in [6.45, 7) is 0.980. The molecule has 1 aromatic heterocycles. The Hall–Kier alpha value is -1.95. The van der Waals surface area contributed by atoms with Crippen LogP contribution in [0, 0.1) is 0 Å². The van der Waals surface area contributed by atoms with Crippen molar-refractivity contribution >= 4 is 33.3 Å². The summed E-state index contributed by atoms with van der Waals surface area (Å²) in [7, 11) is 0. The first-order valence-electron chi connectivity index (χ1n) is 5.80. The molecule has 6 heteroatoms. The lowest BCUT2D eigenvalue weighted by molar-refractivity contribution is -0.114. The molecular weight excluding hydrogens is 310 g/mol. The highest BCUT2D eigenvalue weighted by Crippen LogP contribution is 2.31. The number of anilines is 1. The summed E-state index contributed by atoms with van der Waals surface area (Å²) < 4.78 is 2.58. The van der Waals surface area contributed by atoms with Crippen molar-refractivity contribution in [3.8, 4) is 0 Å². The number of hydrogen-bond donors (Lipinski definition) is 0. The predicted octanol–water partition coefficient (Wildman–Crippen LogP) is 1.88. The molecule has 0 saturated heterocycles. The van der Waals surface area contributed by atoms with Crippen LogP contribution >= 0.6 is 15.9 Å². The van der Waals surface area contributed by atoms with Crippen LogP contribution in [0.1, 0.15) is 10.4 Å². The molecule has 0 atom stereocenters. The lowest BCUT2D eigenvalue weighted by Gasteiger charge is -2.16. The molecular formula is C13H10BrN3O2. The smallest absolute Gasteiger partial charge is 0.299 e. The summed E-state index contributed by atoms with van der Waals surface area (Å²) in [5.41, 5.74) is 1.13. The molecule has 0 spiro atoms. The van der Waals surface area contributed by atoms with Crippen LogP contribution in [0.4, 0.5) is 5.69 Å². The van der Waals surface area contributed by atoms with Crippen LogP contribution < -0.4 is 4.90 Å². The van der Waals surface area contributed by atoms with Crippen LogP contribution in [0.2, 0.25) is 0 Å². The van der Waals surface area contributed by atoms with Gasteiger partial charge in [-0.05, 0) is 24.3 Å². The summed E-state index contributed by atoms with van der Waals surface area (Å²) >= 11 is 3.36. The molecule has 0 aliphatic carbocycles. The minimum Gasteiger partial charge on any atom is -0.303 e. The molecule has 1 aliphatic rings. The van der Waals surface area contributed by atoms with Crippen molar-refractivity contribution in [3.63, 3.8) is 0 Å². The van der Waals surface area contributed by atoms with Gasteiger partial charge < -0.3 is 4.90 Å². The third kappa shape index (κ3) is 2.08. The second-order valence-electron chi connectivity index (χ2n) is 4.22. The maximum Gasteiger partial charge on any atom is 0.299 e. The number of nitrogens with zero attached hydrogens (tertiary/aromatic N) is 3. The number of aromatic nitrogens is 2. The Kier molecular flexibility index (Phi) is 2.94. The maximum absolute atomic E-state index is 12.0. The summed E-state index contributed by atoms with van der Waals surface area (Å²) in [6.07, 6.45) is 3.51. The van der Waals surface area contributed by atoms with Crippen molar-refractivity contribution in [3.05, 3.63) is 46.7 Å². The lowest BCUT2D eigenvalue weighted by Crippen LogP contribution is -2.32. The van der Waals surface area contributed by atoms with Crippen molar-refractivity contribution in [1.82, 2.24) is 9.78 Å². The zero-order chi connectivity index (χ0) is 13.4. The van der Waals surface area contributed by atoms with Gasteiger partial charge in [0.25, 0.3) is 11.7 Å². The van der Waals surface area contributed by atoms with E-state index in [4.69, 9.17) is 0 Å².